The Morgan fingerprint density at radius 3 is 2.27 bits per heavy atom. The molecule has 0 bridgehead atoms. The van der Waals surface area contributed by atoms with Crippen molar-refractivity contribution >= 4 is 17.5 Å². The van der Waals surface area contributed by atoms with Crippen molar-refractivity contribution in [1.82, 2.24) is 5.32 Å². The molecule has 0 heterocycles. The highest BCUT2D eigenvalue weighted by molar-refractivity contribution is 6.30. The summed E-state index contributed by atoms with van der Waals surface area (Å²) in [5.74, 6) is 1.56. The second-order valence-corrected chi connectivity index (χ2v) is 6.31. The second kappa shape index (κ2) is 10.7. The zero-order chi connectivity index (χ0) is 18.8. The van der Waals surface area contributed by atoms with E-state index in [0.29, 0.717) is 37.6 Å². The molecule has 5 heteroatoms. The fourth-order valence-corrected chi connectivity index (χ4v) is 2.72. The minimum atomic E-state index is 0.0518. The van der Waals surface area contributed by atoms with Gasteiger partial charge in [-0.25, -0.2) is 0 Å². The van der Waals surface area contributed by atoms with Crippen LogP contribution in [0.25, 0.3) is 0 Å². The van der Waals surface area contributed by atoms with Gasteiger partial charge in [0, 0.05) is 18.0 Å². The smallest absolute Gasteiger partial charge is 0.220 e. The van der Waals surface area contributed by atoms with Gasteiger partial charge in [-0.2, -0.15) is 0 Å². The number of benzene rings is 2. The number of amides is 1. The van der Waals surface area contributed by atoms with Gasteiger partial charge >= 0.3 is 0 Å². The number of aryl methyl sites for hydroxylation is 1. The minimum absolute atomic E-state index is 0.0518. The lowest BCUT2D eigenvalue weighted by molar-refractivity contribution is -0.121. The number of halogens is 1. The Morgan fingerprint density at radius 2 is 1.58 bits per heavy atom. The third-order valence-electron chi connectivity index (χ3n) is 3.90. The second-order valence-electron chi connectivity index (χ2n) is 5.87. The molecule has 2 aromatic rings. The Labute approximate surface area is 160 Å². The first-order valence-corrected chi connectivity index (χ1v) is 9.39. The van der Waals surface area contributed by atoms with Gasteiger partial charge in [-0.1, -0.05) is 29.8 Å². The van der Waals surface area contributed by atoms with Crippen LogP contribution in [-0.2, 0) is 17.6 Å². The molecule has 0 atom stereocenters. The number of carbonyl (C=O) groups excluding carboxylic acids is 1. The quantitative estimate of drug-likeness (QED) is 0.668. The summed E-state index contributed by atoms with van der Waals surface area (Å²) in [7, 11) is 0. The standard InChI is InChI=1S/C21H26ClNO3/c1-3-25-19-11-7-17(15-20(19)26-4-2)13-14-23-21(24)12-8-16-5-9-18(22)10-6-16/h5-7,9-11,15H,3-4,8,12-14H2,1-2H3,(H,23,24). The van der Waals surface area contributed by atoms with Gasteiger partial charge in [-0.05, 0) is 62.1 Å². The van der Waals surface area contributed by atoms with Gasteiger partial charge < -0.3 is 14.8 Å². The van der Waals surface area contributed by atoms with E-state index < -0.39 is 0 Å². The van der Waals surface area contributed by atoms with Gasteiger partial charge in [0.25, 0.3) is 0 Å². The van der Waals surface area contributed by atoms with Crippen LogP contribution in [0.4, 0.5) is 0 Å². The first-order chi connectivity index (χ1) is 12.6. The van der Waals surface area contributed by atoms with Crippen molar-refractivity contribution in [2.45, 2.75) is 33.1 Å². The highest BCUT2D eigenvalue weighted by Gasteiger charge is 2.07. The van der Waals surface area contributed by atoms with Gasteiger partial charge in [0.2, 0.25) is 5.91 Å². The fourth-order valence-electron chi connectivity index (χ4n) is 2.59. The number of nitrogens with one attached hydrogen (secondary N) is 1. The van der Waals surface area contributed by atoms with Crippen LogP contribution in [0, 0.1) is 0 Å². The molecule has 2 aromatic carbocycles. The predicted octanol–water partition coefficient (Wildman–Crippen LogP) is 4.43. The normalized spacial score (nSPS) is 10.4. The largest absolute Gasteiger partial charge is 0.490 e. The zero-order valence-electron chi connectivity index (χ0n) is 15.4. The molecular formula is C21H26ClNO3. The van der Waals surface area contributed by atoms with Crippen LogP contribution in [-0.4, -0.2) is 25.7 Å². The minimum Gasteiger partial charge on any atom is -0.490 e. The van der Waals surface area contributed by atoms with E-state index in [1.807, 2.05) is 56.3 Å². The van der Waals surface area contributed by atoms with Gasteiger partial charge in [0.05, 0.1) is 13.2 Å². The lowest BCUT2D eigenvalue weighted by Crippen LogP contribution is -2.25. The van der Waals surface area contributed by atoms with E-state index in [0.717, 1.165) is 29.0 Å². The highest BCUT2D eigenvalue weighted by Crippen LogP contribution is 2.28. The Kier molecular flexibility index (Phi) is 8.29. The Bertz CT molecular complexity index is 701. The Morgan fingerprint density at radius 1 is 0.923 bits per heavy atom. The SMILES string of the molecule is CCOc1ccc(CCNC(=O)CCc2ccc(Cl)cc2)cc1OCC. The summed E-state index contributed by atoms with van der Waals surface area (Å²) in [4.78, 5) is 12.0. The molecule has 0 aromatic heterocycles. The maximum atomic E-state index is 12.0. The predicted molar refractivity (Wildman–Crippen MR) is 105 cm³/mol. The number of carbonyl (C=O) groups is 1. The molecular weight excluding hydrogens is 350 g/mol. The third-order valence-corrected chi connectivity index (χ3v) is 4.15. The molecule has 2 rings (SSSR count). The molecule has 0 aliphatic rings. The van der Waals surface area contributed by atoms with E-state index in [1.165, 1.54) is 0 Å². The molecule has 0 saturated carbocycles. The number of hydrogen-bond acceptors (Lipinski definition) is 3. The van der Waals surface area contributed by atoms with Crippen LogP contribution in [0.1, 0.15) is 31.4 Å². The summed E-state index contributed by atoms with van der Waals surface area (Å²) >= 11 is 5.86. The van der Waals surface area contributed by atoms with Crippen LogP contribution in [0.3, 0.4) is 0 Å². The monoisotopic (exact) mass is 375 g/mol. The summed E-state index contributed by atoms with van der Waals surface area (Å²) in [5, 5.41) is 3.68. The van der Waals surface area contributed by atoms with Crippen LogP contribution < -0.4 is 14.8 Å². The van der Waals surface area contributed by atoms with Gasteiger partial charge in [0.15, 0.2) is 11.5 Å². The lowest BCUT2D eigenvalue weighted by Gasteiger charge is -2.12. The molecule has 0 aliphatic carbocycles. The zero-order valence-corrected chi connectivity index (χ0v) is 16.1. The maximum absolute atomic E-state index is 12.0. The molecule has 0 unspecified atom stereocenters. The molecule has 140 valence electrons. The van der Waals surface area contributed by atoms with Crippen LogP contribution in [0.15, 0.2) is 42.5 Å². The first-order valence-electron chi connectivity index (χ1n) is 9.02. The fraction of sp³-hybridized carbons (Fsp3) is 0.381. The summed E-state index contributed by atoms with van der Waals surface area (Å²) in [6.07, 6.45) is 1.93. The van der Waals surface area contributed by atoms with E-state index in [-0.39, 0.29) is 5.91 Å². The van der Waals surface area contributed by atoms with Crippen LogP contribution in [0.2, 0.25) is 5.02 Å². The topological polar surface area (TPSA) is 47.6 Å². The first kappa shape index (κ1) is 20.1. The van der Waals surface area contributed by atoms with Crippen molar-refractivity contribution in [1.29, 1.82) is 0 Å². The van der Waals surface area contributed by atoms with Crippen LogP contribution >= 0.6 is 11.6 Å². The molecule has 1 N–H and O–H groups in total. The summed E-state index contributed by atoms with van der Waals surface area (Å²) in [6, 6.07) is 13.5. The molecule has 26 heavy (non-hydrogen) atoms. The molecule has 0 spiro atoms. The maximum Gasteiger partial charge on any atom is 0.220 e. The molecule has 0 saturated heterocycles. The van der Waals surface area contributed by atoms with Crippen molar-refractivity contribution in [3.63, 3.8) is 0 Å². The van der Waals surface area contributed by atoms with Crippen molar-refractivity contribution in [2.24, 2.45) is 0 Å². The number of ether oxygens (including phenoxy) is 2. The van der Waals surface area contributed by atoms with E-state index in [9.17, 15) is 4.79 Å². The summed E-state index contributed by atoms with van der Waals surface area (Å²) in [5.41, 5.74) is 2.22. The average Bonchev–Trinajstić information content (AvgIpc) is 2.64. The molecule has 1 amide bonds. The van der Waals surface area contributed by atoms with Gasteiger partial charge in [-0.15, -0.1) is 0 Å². The van der Waals surface area contributed by atoms with Crippen molar-refractivity contribution in [2.75, 3.05) is 19.8 Å². The van der Waals surface area contributed by atoms with Crippen LogP contribution in [0.5, 0.6) is 11.5 Å². The molecule has 0 radical (unpaired) electrons. The number of rotatable bonds is 10. The number of hydrogen-bond donors (Lipinski definition) is 1. The van der Waals surface area contributed by atoms with E-state index in [2.05, 4.69) is 5.32 Å². The van der Waals surface area contributed by atoms with E-state index in [4.69, 9.17) is 21.1 Å². The van der Waals surface area contributed by atoms with Gasteiger partial charge in [-0.3, -0.25) is 4.79 Å². The van der Waals surface area contributed by atoms with E-state index in [1.54, 1.807) is 0 Å². The summed E-state index contributed by atoms with van der Waals surface area (Å²) in [6.45, 7) is 5.68. The molecule has 0 aliphatic heterocycles. The summed E-state index contributed by atoms with van der Waals surface area (Å²) < 4.78 is 11.2. The van der Waals surface area contributed by atoms with E-state index >= 15 is 0 Å². The van der Waals surface area contributed by atoms with Crippen molar-refractivity contribution in [3.05, 3.63) is 58.6 Å². The lowest BCUT2D eigenvalue weighted by atomic mass is 10.1. The molecule has 0 fully saturated rings. The van der Waals surface area contributed by atoms with Gasteiger partial charge in [0.1, 0.15) is 0 Å². The average molecular weight is 376 g/mol. The highest BCUT2D eigenvalue weighted by atomic mass is 35.5. The third kappa shape index (κ3) is 6.60. The molecule has 4 nitrogen and oxygen atoms in total. The Hall–Kier alpha value is -2.20. The Balaban J connectivity index is 1.78. The van der Waals surface area contributed by atoms with Crippen molar-refractivity contribution < 1.29 is 14.3 Å². The van der Waals surface area contributed by atoms with Crippen molar-refractivity contribution in [3.8, 4) is 11.5 Å².